The highest BCUT2D eigenvalue weighted by atomic mass is 32.2. The van der Waals surface area contributed by atoms with E-state index in [1.54, 1.807) is 4.31 Å². The van der Waals surface area contributed by atoms with Crippen molar-refractivity contribution in [1.29, 1.82) is 0 Å². The van der Waals surface area contributed by atoms with Gasteiger partial charge in [-0.3, -0.25) is 0 Å². The van der Waals surface area contributed by atoms with Crippen molar-refractivity contribution in [3.8, 4) is 0 Å². The zero-order chi connectivity index (χ0) is 17.3. The predicted octanol–water partition coefficient (Wildman–Crippen LogP) is 2.17. The molecule has 0 spiro atoms. The molecular weight excluding hydrogens is 340 g/mol. The normalized spacial score (nSPS) is 25.8. The van der Waals surface area contributed by atoms with Crippen LogP contribution in [0.3, 0.4) is 0 Å². The summed E-state index contributed by atoms with van der Waals surface area (Å²) >= 11 is 0. The van der Waals surface area contributed by atoms with E-state index in [9.17, 15) is 8.42 Å². The van der Waals surface area contributed by atoms with Gasteiger partial charge in [-0.15, -0.1) is 0 Å². The average molecular weight is 368 g/mol. The smallest absolute Gasteiger partial charge is 0.217 e. The third-order valence-corrected chi connectivity index (χ3v) is 7.92. The van der Waals surface area contributed by atoms with Gasteiger partial charge in [0.05, 0.1) is 11.8 Å². The number of hydrogen-bond donors (Lipinski definition) is 0. The first-order chi connectivity index (χ1) is 12.1. The monoisotopic (exact) mass is 368 g/mol. The minimum atomic E-state index is -3.12. The lowest BCUT2D eigenvalue weighted by atomic mass is 10.0. The van der Waals surface area contributed by atoms with Crippen LogP contribution in [0.2, 0.25) is 0 Å². The molecule has 1 atom stereocenters. The van der Waals surface area contributed by atoms with Gasteiger partial charge in [0, 0.05) is 50.9 Å². The van der Waals surface area contributed by atoms with Crippen molar-refractivity contribution in [3.63, 3.8) is 0 Å². The standard InChI is InChI=1S/C18H28N2O4S/c21-25(22,18-3-4-18)19-12-16-2-1-8-20(16)17(13-19)7-11-24-14-15-5-9-23-10-6-15/h1-2,8,15,17-18H,3-7,9-14H2. The number of nitrogens with zero attached hydrogens (tertiary/aromatic N) is 2. The molecule has 0 bridgehead atoms. The number of aromatic nitrogens is 1. The fourth-order valence-corrected chi connectivity index (χ4v) is 5.72. The van der Waals surface area contributed by atoms with Crippen LogP contribution in [-0.2, 0) is 26.0 Å². The summed E-state index contributed by atoms with van der Waals surface area (Å²) in [4.78, 5) is 0. The highest BCUT2D eigenvalue weighted by molar-refractivity contribution is 7.90. The van der Waals surface area contributed by atoms with Gasteiger partial charge in [-0.25, -0.2) is 8.42 Å². The molecule has 7 heteroatoms. The van der Waals surface area contributed by atoms with Crippen LogP contribution in [0.5, 0.6) is 0 Å². The van der Waals surface area contributed by atoms with Gasteiger partial charge >= 0.3 is 0 Å². The Bertz CT molecular complexity index is 677. The van der Waals surface area contributed by atoms with Gasteiger partial charge in [0.15, 0.2) is 0 Å². The first kappa shape index (κ1) is 17.5. The Morgan fingerprint density at radius 1 is 1.20 bits per heavy atom. The molecule has 25 heavy (non-hydrogen) atoms. The summed E-state index contributed by atoms with van der Waals surface area (Å²) in [6.07, 6.45) is 6.72. The van der Waals surface area contributed by atoms with E-state index in [-0.39, 0.29) is 11.3 Å². The van der Waals surface area contributed by atoms with Crippen molar-refractivity contribution >= 4 is 10.0 Å². The van der Waals surface area contributed by atoms with Gasteiger partial charge in [-0.1, -0.05) is 0 Å². The molecule has 0 amide bonds. The van der Waals surface area contributed by atoms with Crippen molar-refractivity contribution in [2.24, 2.45) is 5.92 Å². The molecule has 1 saturated carbocycles. The second-order valence-corrected chi connectivity index (χ2v) is 9.73. The largest absolute Gasteiger partial charge is 0.381 e. The Morgan fingerprint density at radius 3 is 2.76 bits per heavy atom. The van der Waals surface area contributed by atoms with E-state index in [4.69, 9.17) is 9.47 Å². The van der Waals surface area contributed by atoms with E-state index in [1.165, 1.54) is 0 Å². The van der Waals surface area contributed by atoms with Crippen LogP contribution < -0.4 is 0 Å². The van der Waals surface area contributed by atoms with Crippen molar-refractivity contribution in [1.82, 2.24) is 8.87 Å². The zero-order valence-electron chi connectivity index (χ0n) is 14.7. The Hall–Kier alpha value is -0.890. The highest BCUT2D eigenvalue weighted by Gasteiger charge is 2.42. The minimum Gasteiger partial charge on any atom is -0.381 e. The van der Waals surface area contributed by atoms with Crippen LogP contribution in [0, 0.1) is 5.92 Å². The fraction of sp³-hybridized carbons (Fsp3) is 0.778. The van der Waals surface area contributed by atoms with Crippen LogP contribution in [-0.4, -0.2) is 55.5 Å². The summed E-state index contributed by atoms with van der Waals surface area (Å²) in [5, 5.41) is -0.139. The summed E-state index contributed by atoms with van der Waals surface area (Å²) in [7, 11) is -3.12. The maximum Gasteiger partial charge on any atom is 0.217 e. The van der Waals surface area contributed by atoms with Gasteiger partial charge in [0.1, 0.15) is 0 Å². The molecule has 1 unspecified atom stereocenters. The van der Waals surface area contributed by atoms with Crippen LogP contribution in [0.4, 0.5) is 0 Å². The quantitative estimate of drug-likeness (QED) is 0.692. The van der Waals surface area contributed by atoms with Crippen molar-refractivity contribution in [2.75, 3.05) is 33.0 Å². The van der Waals surface area contributed by atoms with Gasteiger partial charge in [-0.2, -0.15) is 4.31 Å². The Labute approximate surface area is 150 Å². The topological polar surface area (TPSA) is 60.8 Å². The van der Waals surface area contributed by atoms with Crippen LogP contribution >= 0.6 is 0 Å². The van der Waals surface area contributed by atoms with Crippen LogP contribution in [0.15, 0.2) is 18.3 Å². The lowest BCUT2D eigenvalue weighted by Gasteiger charge is -2.34. The number of fused-ring (bicyclic) bond motifs is 1. The number of sulfonamides is 1. The summed E-state index contributed by atoms with van der Waals surface area (Å²) in [5.74, 6) is 0.606. The molecule has 2 aliphatic heterocycles. The molecule has 1 aromatic heterocycles. The van der Waals surface area contributed by atoms with Crippen molar-refractivity contribution in [3.05, 3.63) is 24.0 Å². The third kappa shape index (κ3) is 3.94. The predicted molar refractivity (Wildman–Crippen MR) is 94.8 cm³/mol. The van der Waals surface area contributed by atoms with Crippen LogP contribution in [0.25, 0.3) is 0 Å². The Morgan fingerprint density at radius 2 is 2.00 bits per heavy atom. The fourth-order valence-electron chi connectivity index (χ4n) is 3.87. The second-order valence-electron chi connectivity index (χ2n) is 7.52. The molecule has 0 radical (unpaired) electrons. The molecule has 0 N–H and O–H groups in total. The maximum absolute atomic E-state index is 12.6. The molecule has 1 aromatic rings. The SMILES string of the molecule is O=S(=O)(C1CC1)N1Cc2cccn2C(CCOCC2CCOCC2)C1. The first-order valence-electron chi connectivity index (χ1n) is 9.45. The second kappa shape index (κ2) is 7.39. The molecule has 3 aliphatic rings. The molecule has 1 saturated heterocycles. The minimum absolute atomic E-state index is 0.139. The molecule has 0 aromatic carbocycles. The van der Waals surface area contributed by atoms with E-state index in [1.807, 2.05) is 12.1 Å². The van der Waals surface area contributed by atoms with Crippen molar-refractivity contribution < 1.29 is 17.9 Å². The summed E-state index contributed by atoms with van der Waals surface area (Å²) in [6, 6.07) is 4.21. The number of rotatable bonds is 7. The lowest BCUT2D eigenvalue weighted by Crippen LogP contribution is -2.42. The van der Waals surface area contributed by atoms with E-state index in [0.29, 0.717) is 25.6 Å². The Balaban J connectivity index is 1.33. The summed E-state index contributed by atoms with van der Waals surface area (Å²) in [5.41, 5.74) is 1.09. The number of hydrogen-bond acceptors (Lipinski definition) is 4. The van der Waals surface area contributed by atoms with Crippen LogP contribution in [0.1, 0.15) is 43.8 Å². The number of ether oxygens (including phenoxy) is 2. The highest BCUT2D eigenvalue weighted by Crippen LogP contribution is 2.35. The first-order valence-corrected chi connectivity index (χ1v) is 10.9. The van der Waals surface area contributed by atoms with E-state index in [0.717, 1.165) is 57.6 Å². The Kier molecular flexibility index (Phi) is 5.18. The van der Waals surface area contributed by atoms with Crippen molar-refractivity contribution in [2.45, 2.75) is 49.9 Å². The lowest BCUT2D eigenvalue weighted by molar-refractivity contribution is 0.0171. The van der Waals surface area contributed by atoms with Gasteiger partial charge in [0.25, 0.3) is 0 Å². The van der Waals surface area contributed by atoms with Gasteiger partial charge in [0.2, 0.25) is 10.0 Å². The average Bonchev–Trinajstić information content (AvgIpc) is 3.38. The molecule has 2 fully saturated rings. The van der Waals surface area contributed by atoms with Gasteiger partial charge in [-0.05, 0) is 50.2 Å². The molecule has 3 heterocycles. The molecule has 6 nitrogen and oxygen atoms in total. The summed E-state index contributed by atoms with van der Waals surface area (Å²) < 4.78 is 40.5. The molecule has 1 aliphatic carbocycles. The molecule has 4 rings (SSSR count). The van der Waals surface area contributed by atoms with Gasteiger partial charge < -0.3 is 14.0 Å². The van der Waals surface area contributed by atoms with E-state index >= 15 is 0 Å². The molecule has 140 valence electrons. The zero-order valence-corrected chi connectivity index (χ0v) is 15.5. The summed E-state index contributed by atoms with van der Waals surface area (Å²) in [6.45, 7) is 4.23. The third-order valence-electron chi connectivity index (χ3n) is 5.61. The van der Waals surface area contributed by atoms with E-state index < -0.39 is 10.0 Å². The maximum atomic E-state index is 12.6. The molecular formula is C18H28N2O4S. The van der Waals surface area contributed by atoms with E-state index in [2.05, 4.69) is 10.8 Å².